The largest absolute Gasteiger partial charge is 0.363 e. The Bertz CT molecular complexity index is 1220. The van der Waals surface area contributed by atoms with Crippen LogP contribution in [0, 0.1) is 17.5 Å². The Hall–Kier alpha value is -3.94. The predicted octanol–water partition coefficient (Wildman–Crippen LogP) is 4.32. The molecule has 0 spiro atoms. The maximum absolute atomic E-state index is 15.0. The molecular weight excluding hydrogens is 381 g/mol. The summed E-state index contributed by atoms with van der Waals surface area (Å²) in [6.07, 6.45) is 0. The van der Waals surface area contributed by atoms with Crippen LogP contribution in [0.25, 0.3) is 33.6 Å². The van der Waals surface area contributed by atoms with Crippen molar-refractivity contribution < 1.29 is 18.0 Å². The molecule has 0 saturated heterocycles. The van der Waals surface area contributed by atoms with Crippen molar-refractivity contribution in [1.82, 2.24) is 15.2 Å². The number of rotatable bonds is 4. The molecule has 8 heteroatoms. The second-order valence-corrected chi connectivity index (χ2v) is 6.22. The lowest BCUT2D eigenvalue weighted by Gasteiger charge is -2.16. The number of carbonyl (C=O) groups excluding carboxylic acids is 1. The van der Waals surface area contributed by atoms with E-state index in [1.807, 2.05) is 0 Å². The molecule has 0 fully saturated rings. The normalized spacial score (nSPS) is 10.9. The van der Waals surface area contributed by atoms with Gasteiger partial charge in [-0.15, -0.1) is 0 Å². The van der Waals surface area contributed by atoms with Crippen molar-refractivity contribution in [3.8, 4) is 33.6 Å². The zero-order valence-electron chi connectivity index (χ0n) is 14.8. The smallest absolute Gasteiger partial charge is 0.286 e. The van der Waals surface area contributed by atoms with Crippen molar-refractivity contribution in [3.05, 3.63) is 83.9 Å². The number of carbonyl (C=O) groups is 1. The number of benzene rings is 3. The van der Waals surface area contributed by atoms with E-state index in [9.17, 15) is 18.0 Å². The summed E-state index contributed by atoms with van der Waals surface area (Å²) >= 11 is 0. The minimum Gasteiger partial charge on any atom is -0.363 e. The highest BCUT2D eigenvalue weighted by Crippen LogP contribution is 2.41. The quantitative estimate of drug-likeness (QED) is 0.541. The Morgan fingerprint density at radius 1 is 0.897 bits per heavy atom. The summed E-state index contributed by atoms with van der Waals surface area (Å²) in [7, 11) is 0. The van der Waals surface area contributed by atoms with Gasteiger partial charge in [-0.25, -0.2) is 18.2 Å². The minimum atomic E-state index is -1.13. The van der Waals surface area contributed by atoms with Crippen molar-refractivity contribution >= 4 is 5.91 Å². The van der Waals surface area contributed by atoms with Crippen LogP contribution in [0.1, 0.15) is 10.6 Å². The van der Waals surface area contributed by atoms with Crippen molar-refractivity contribution in [3.63, 3.8) is 0 Å². The number of nitrogens with two attached hydrogens (primary N) is 1. The summed E-state index contributed by atoms with van der Waals surface area (Å²) in [6.45, 7) is 0. The van der Waals surface area contributed by atoms with Gasteiger partial charge in [0.25, 0.3) is 5.91 Å². The molecule has 5 nitrogen and oxygen atoms in total. The zero-order chi connectivity index (χ0) is 20.5. The fraction of sp³-hybridized carbons (Fsp3) is 0. The zero-order valence-corrected chi connectivity index (χ0v) is 14.8. The Kier molecular flexibility index (Phi) is 4.59. The molecule has 0 aliphatic rings. The van der Waals surface area contributed by atoms with Crippen LogP contribution in [0.3, 0.4) is 0 Å². The molecule has 0 radical (unpaired) electrons. The molecule has 144 valence electrons. The van der Waals surface area contributed by atoms with Gasteiger partial charge in [0.1, 0.15) is 5.82 Å². The maximum Gasteiger partial charge on any atom is 0.286 e. The van der Waals surface area contributed by atoms with Crippen LogP contribution in [0.4, 0.5) is 13.2 Å². The highest BCUT2D eigenvalue weighted by molar-refractivity contribution is 5.94. The van der Waals surface area contributed by atoms with Crippen LogP contribution in [-0.4, -0.2) is 21.1 Å². The van der Waals surface area contributed by atoms with Crippen LogP contribution < -0.4 is 5.73 Å². The van der Waals surface area contributed by atoms with Gasteiger partial charge in [0.2, 0.25) is 5.82 Å². The summed E-state index contributed by atoms with van der Waals surface area (Å²) in [5.41, 5.74) is 6.07. The predicted molar refractivity (Wildman–Crippen MR) is 101 cm³/mol. The number of aromatic amines is 1. The summed E-state index contributed by atoms with van der Waals surface area (Å²) < 4.78 is 43.5. The SMILES string of the molecule is NC(=O)c1nc(-c2cc(F)c(F)c(-c3ccccc3)c2-c2cccc(F)c2)n[nH]1. The van der Waals surface area contributed by atoms with Crippen LogP contribution in [0.5, 0.6) is 0 Å². The van der Waals surface area contributed by atoms with E-state index in [1.54, 1.807) is 36.4 Å². The van der Waals surface area contributed by atoms with Gasteiger partial charge in [0.05, 0.1) is 0 Å². The monoisotopic (exact) mass is 394 g/mol. The summed E-state index contributed by atoms with van der Waals surface area (Å²) in [5, 5.41) is 6.26. The Morgan fingerprint density at radius 2 is 1.62 bits per heavy atom. The molecule has 0 atom stereocenters. The Balaban J connectivity index is 2.10. The number of hydrogen-bond donors (Lipinski definition) is 2. The van der Waals surface area contributed by atoms with Gasteiger partial charge in [0.15, 0.2) is 17.5 Å². The molecule has 3 aromatic carbocycles. The van der Waals surface area contributed by atoms with Gasteiger partial charge in [0, 0.05) is 16.7 Å². The molecule has 3 N–H and O–H groups in total. The first-order valence-electron chi connectivity index (χ1n) is 8.51. The molecule has 29 heavy (non-hydrogen) atoms. The lowest BCUT2D eigenvalue weighted by molar-refractivity contribution is 0.0991. The molecular formula is C21H13F3N4O. The number of amides is 1. The molecule has 1 heterocycles. The standard InChI is InChI=1S/C21H13F3N4O/c22-13-8-4-7-12(9-13)16-14(20-26-21(19(25)29)28-27-20)10-15(23)18(24)17(16)11-5-2-1-3-6-11/h1-10H,(H2,25,29)(H,26,27,28). The number of halogens is 3. The summed E-state index contributed by atoms with van der Waals surface area (Å²) in [5.74, 6) is -3.95. The highest BCUT2D eigenvalue weighted by atomic mass is 19.2. The van der Waals surface area contributed by atoms with Crippen molar-refractivity contribution in [1.29, 1.82) is 0 Å². The van der Waals surface area contributed by atoms with Crippen LogP contribution in [0.2, 0.25) is 0 Å². The van der Waals surface area contributed by atoms with E-state index in [1.165, 1.54) is 18.2 Å². The van der Waals surface area contributed by atoms with Crippen LogP contribution >= 0.6 is 0 Å². The van der Waals surface area contributed by atoms with Gasteiger partial charge in [-0.2, -0.15) is 5.10 Å². The maximum atomic E-state index is 15.0. The molecule has 1 aromatic heterocycles. The third-order valence-corrected chi connectivity index (χ3v) is 4.36. The first-order valence-corrected chi connectivity index (χ1v) is 8.51. The van der Waals surface area contributed by atoms with Gasteiger partial charge in [-0.05, 0) is 29.3 Å². The van der Waals surface area contributed by atoms with E-state index in [4.69, 9.17) is 5.73 Å². The third kappa shape index (κ3) is 3.36. The minimum absolute atomic E-state index is 0.0726. The lowest BCUT2D eigenvalue weighted by Crippen LogP contribution is -2.12. The first kappa shape index (κ1) is 18.4. The molecule has 0 unspecified atom stereocenters. The fourth-order valence-corrected chi connectivity index (χ4v) is 3.11. The van der Waals surface area contributed by atoms with E-state index in [2.05, 4.69) is 15.2 Å². The molecule has 1 amide bonds. The van der Waals surface area contributed by atoms with E-state index < -0.39 is 23.4 Å². The summed E-state index contributed by atoms with van der Waals surface area (Å²) in [4.78, 5) is 15.3. The number of nitrogens with zero attached hydrogens (tertiary/aromatic N) is 2. The molecule has 0 saturated carbocycles. The average molecular weight is 394 g/mol. The van der Waals surface area contributed by atoms with Crippen LogP contribution in [-0.2, 0) is 0 Å². The number of hydrogen-bond acceptors (Lipinski definition) is 3. The molecule has 4 rings (SSSR count). The summed E-state index contributed by atoms with van der Waals surface area (Å²) in [6, 6.07) is 14.7. The average Bonchev–Trinajstić information content (AvgIpc) is 3.20. The number of H-pyrrole nitrogens is 1. The van der Waals surface area contributed by atoms with E-state index in [0.717, 1.165) is 6.07 Å². The lowest BCUT2D eigenvalue weighted by atomic mass is 9.89. The van der Waals surface area contributed by atoms with Crippen molar-refractivity contribution in [2.75, 3.05) is 0 Å². The Morgan fingerprint density at radius 3 is 2.28 bits per heavy atom. The second kappa shape index (κ2) is 7.23. The topological polar surface area (TPSA) is 84.7 Å². The van der Waals surface area contributed by atoms with E-state index >= 15 is 0 Å². The second-order valence-electron chi connectivity index (χ2n) is 6.22. The number of aromatic nitrogens is 3. The number of nitrogens with one attached hydrogen (secondary N) is 1. The van der Waals surface area contributed by atoms with Gasteiger partial charge < -0.3 is 5.73 Å². The molecule has 0 aliphatic heterocycles. The van der Waals surface area contributed by atoms with E-state index in [-0.39, 0.29) is 28.3 Å². The van der Waals surface area contributed by atoms with Gasteiger partial charge in [-0.3, -0.25) is 9.89 Å². The fourth-order valence-electron chi connectivity index (χ4n) is 3.11. The molecule has 4 aromatic rings. The highest BCUT2D eigenvalue weighted by Gasteiger charge is 2.24. The van der Waals surface area contributed by atoms with E-state index in [0.29, 0.717) is 11.1 Å². The van der Waals surface area contributed by atoms with Crippen LogP contribution in [0.15, 0.2) is 60.7 Å². The third-order valence-electron chi connectivity index (χ3n) is 4.36. The van der Waals surface area contributed by atoms with Gasteiger partial charge >= 0.3 is 0 Å². The van der Waals surface area contributed by atoms with Gasteiger partial charge in [-0.1, -0.05) is 42.5 Å². The Labute approximate surface area is 163 Å². The van der Waals surface area contributed by atoms with Crippen molar-refractivity contribution in [2.24, 2.45) is 5.73 Å². The van der Waals surface area contributed by atoms with Crippen molar-refractivity contribution in [2.45, 2.75) is 0 Å². The first-order chi connectivity index (χ1) is 14.0. The molecule has 0 aliphatic carbocycles. The molecule has 0 bridgehead atoms. The number of primary amides is 1.